The average molecular weight is 230 g/mol. The fourth-order valence-electron chi connectivity index (χ4n) is 1.36. The second-order valence-electron chi connectivity index (χ2n) is 3.86. The fraction of sp³-hybridized carbons (Fsp3) is 0.200. The zero-order valence-corrected chi connectivity index (χ0v) is 10.2. The number of phenolic OH excluding ortho intramolecular Hbond substituents is 2. The molecule has 0 saturated heterocycles. The van der Waals surface area contributed by atoms with E-state index in [9.17, 15) is 0 Å². The Hall–Kier alpha value is -1.96. The summed E-state index contributed by atoms with van der Waals surface area (Å²) in [4.78, 5) is 0. The van der Waals surface area contributed by atoms with E-state index in [0.717, 1.165) is 12.0 Å². The van der Waals surface area contributed by atoms with Gasteiger partial charge in [-0.3, -0.25) is 0 Å². The highest BCUT2D eigenvalue weighted by molar-refractivity contribution is 5.26. The average Bonchev–Trinajstić information content (AvgIpc) is 2.30. The van der Waals surface area contributed by atoms with Gasteiger partial charge in [-0.2, -0.15) is 0 Å². The molecule has 0 fully saturated rings. The van der Waals surface area contributed by atoms with Gasteiger partial charge in [0.05, 0.1) is 0 Å². The van der Waals surface area contributed by atoms with Crippen LogP contribution in [-0.2, 0) is 6.42 Å². The number of phenols is 2. The van der Waals surface area contributed by atoms with Crippen molar-refractivity contribution in [2.24, 2.45) is 0 Å². The minimum absolute atomic E-state index is 0.338. The van der Waals surface area contributed by atoms with Crippen molar-refractivity contribution >= 4 is 0 Å². The van der Waals surface area contributed by atoms with Crippen molar-refractivity contribution < 1.29 is 10.2 Å². The van der Waals surface area contributed by atoms with Crippen molar-refractivity contribution in [1.82, 2.24) is 0 Å². The maximum Gasteiger partial charge on any atom is 0.115 e. The molecule has 2 rings (SSSR count). The van der Waals surface area contributed by atoms with Crippen molar-refractivity contribution in [3.05, 3.63) is 59.7 Å². The van der Waals surface area contributed by atoms with E-state index in [1.54, 1.807) is 24.3 Å². The predicted octanol–water partition coefficient (Wildman–Crippen LogP) is 3.66. The van der Waals surface area contributed by atoms with Crippen molar-refractivity contribution in [1.29, 1.82) is 0 Å². The van der Waals surface area contributed by atoms with E-state index in [0.29, 0.717) is 11.5 Å². The van der Waals surface area contributed by atoms with Crippen LogP contribution in [0.25, 0.3) is 0 Å². The lowest BCUT2D eigenvalue weighted by Gasteiger charge is -1.93. The van der Waals surface area contributed by atoms with E-state index >= 15 is 0 Å². The second-order valence-corrected chi connectivity index (χ2v) is 3.86. The largest absolute Gasteiger partial charge is 0.508 e. The third-order valence-corrected chi connectivity index (χ3v) is 2.35. The van der Waals surface area contributed by atoms with E-state index in [1.165, 1.54) is 5.56 Å². The van der Waals surface area contributed by atoms with E-state index in [2.05, 4.69) is 6.92 Å². The molecule has 0 atom stereocenters. The highest BCUT2D eigenvalue weighted by Crippen LogP contribution is 2.09. The number of aromatic hydroxyl groups is 2. The lowest BCUT2D eigenvalue weighted by Crippen LogP contribution is -1.75. The van der Waals surface area contributed by atoms with Crippen LogP contribution in [-0.4, -0.2) is 10.2 Å². The molecule has 2 aromatic carbocycles. The number of rotatable bonds is 1. The Morgan fingerprint density at radius 3 is 1.94 bits per heavy atom. The highest BCUT2D eigenvalue weighted by atomic mass is 16.3. The van der Waals surface area contributed by atoms with Gasteiger partial charge in [0.25, 0.3) is 0 Å². The van der Waals surface area contributed by atoms with Gasteiger partial charge in [-0.1, -0.05) is 31.2 Å². The van der Waals surface area contributed by atoms with E-state index < -0.39 is 0 Å². The number of aryl methyl sites for hydroxylation is 2. The molecule has 0 spiro atoms. The van der Waals surface area contributed by atoms with Gasteiger partial charge in [0.1, 0.15) is 11.5 Å². The molecular formula is C15H18O2. The first-order valence-corrected chi connectivity index (χ1v) is 5.65. The van der Waals surface area contributed by atoms with Crippen LogP contribution < -0.4 is 0 Å². The molecule has 2 N–H and O–H groups in total. The first-order chi connectivity index (χ1) is 8.11. The molecule has 0 bridgehead atoms. The zero-order valence-electron chi connectivity index (χ0n) is 10.2. The van der Waals surface area contributed by atoms with Crippen LogP contribution in [0.5, 0.6) is 11.5 Å². The smallest absolute Gasteiger partial charge is 0.115 e. The summed E-state index contributed by atoms with van der Waals surface area (Å²) >= 11 is 0. The lowest BCUT2D eigenvalue weighted by molar-refractivity contribution is 0.474. The molecule has 0 saturated carbocycles. The molecule has 2 heteroatoms. The molecule has 0 amide bonds. The van der Waals surface area contributed by atoms with E-state index in [-0.39, 0.29) is 0 Å². The quantitative estimate of drug-likeness (QED) is 0.785. The highest BCUT2D eigenvalue weighted by Gasteiger charge is 1.86. The summed E-state index contributed by atoms with van der Waals surface area (Å²) in [5, 5.41) is 17.7. The van der Waals surface area contributed by atoms with Gasteiger partial charge in [0.15, 0.2) is 0 Å². The first kappa shape index (κ1) is 13.1. The van der Waals surface area contributed by atoms with Crippen LogP contribution in [0.4, 0.5) is 0 Å². The molecule has 0 aliphatic carbocycles. The van der Waals surface area contributed by atoms with Crippen LogP contribution >= 0.6 is 0 Å². The molecular weight excluding hydrogens is 212 g/mol. The molecule has 0 aliphatic heterocycles. The van der Waals surface area contributed by atoms with Gasteiger partial charge in [0.2, 0.25) is 0 Å². The van der Waals surface area contributed by atoms with Crippen molar-refractivity contribution in [2.45, 2.75) is 20.3 Å². The van der Waals surface area contributed by atoms with Crippen molar-refractivity contribution in [3.8, 4) is 11.5 Å². The molecule has 0 heterocycles. The Morgan fingerprint density at radius 2 is 1.53 bits per heavy atom. The molecule has 0 aliphatic rings. The number of hydrogen-bond acceptors (Lipinski definition) is 2. The van der Waals surface area contributed by atoms with Crippen LogP contribution in [0.15, 0.2) is 48.5 Å². The SMILES string of the molecule is CCc1ccc(O)cc1.Cc1cccc(O)c1. The third kappa shape index (κ3) is 5.07. The number of benzene rings is 2. The maximum absolute atomic E-state index is 8.85. The summed E-state index contributed by atoms with van der Waals surface area (Å²) in [6.07, 6.45) is 1.03. The first-order valence-electron chi connectivity index (χ1n) is 5.65. The van der Waals surface area contributed by atoms with E-state index in [1.807, 2.05) is 31.2 Å². The summed E-state index contributed by atoms with van der Waals surface area (Å²) in [7, 11) is 0. The maximum atomic E-state index is 8.85. The summed E-state index contributed by atoms with van der Waals surface area (Å²) in [6, 6.07) is 14.4. The number of hydrogen-bond donors (Lipinski definition) is 2. The molecule has 90 valence electrons. The van der Waals surface area contributed by atoms with Crippen LogP contribution in [0.1, 0.15) is 18.1 Å². The fourth-order valence-corrected chi connectivity index (χ4v) is 1.36. The lowest BCUT2D eigenvalue weighted by atomic mass is 10.2. The zero-order chi connectivity index (χ0) is 12.7. The Labute approximate surface area is 102 Å². The predicted molar refractivity (Wildman–Crippen MR) is 70.3 cm³/mol. The molecule has 17 heavy (non-hydrogen) atoms. The molecule has 0 unspecified atom stereocenters. The summed E-state index contributed by atoms with van der Waals surface area (Å²) in [5.41, 5.74) is 2.35. The van der Waals surface area contributed by atoms with Crippen molar-refractivity contribution in [3.63, 3.8) is 0 Å². The van der Waals surface area contributed by atoms with Gasteiger partial charge in [-0.05, 0) is 48.7 Å². The Kier molecular flexibility index (Phi) is 5.08. The summed E-state index contributed by atoms with van der Waals surface area (Å²) in [5.74, 6) is 0.678. The Morgan fingerprint density at radius 1 is 0.882 bits per heavy atom. The molecule has 0 radical (unpaired) electrons. The monoisotopic (exact) mass is 230 g/mol. The van der Waals surface area contributed by atoms with Gasteiger partial charge < -0.3 is 10.2 Å². The minimum Gasteiger partial charge on any atom is -0.508 e. The Bertz CT molecular complexity index is 429. The summed E-state index contributed by atoms with van der Waals surface area (Å²) in [6.45, 7) is 4.03. The molecule has 0 aromatic heterocycles. The van der Waals surface area contributed by atoms with Crippen LogP contribution in [0, 0.1) is 6.92 Å². The van der Waals surface area contributed by atoms with Gasteiger partial charge in [-0.15, -0.1) is 0 Å². The van der Waals surface area contributed by atoms with Crippen LogP contribution in [0.2, 0.25) is 0 Å². The molecule has 2 aromatic rings. The molecule has 2 nitrogen and oxygen atoms in total. The van der Waals surface area contributed by atoms with Crippen molar-refractivity contribution in [2.75, 3.05) is 0 Å². The third-order valence-electron chi connectivity index (χ3n) is 2.35. The standard InChI is InChI=1S/C8H10O.C7H8O/c1-2-7-3-5-8(9)6-4-7;1-6-3-2-4-7(8)5-6/h3-6,9H,2H2,1H3;2-5,8H,1H3. The Balaban J connectivity index is 0.000000171. The minimum atomic E-state index is 0.338. The van der Waals surface area contributed by atoms with Crippen LogP contribution in [0.3, 0.4) is 0 Å². The van der Waals surface area contributed by atoms with Gasteiger partial charge in [0, 0.05) is 0 Å². The van der Waals surface area contributed by atoms with Gasteiger partial charge >= 0.3 is 0 Å². The normalized spacial score (nSPS) is 9.29. The second kappa shape index (κ2) is 6.59. The van der Waals surface area contributed by atoms with Gasteiger partial charge in [-0.25, -0.2) is 0 Å². The summed E-state index contributed by atoms with van der Waals surface area (Å²) < 4.78 is 0. The van der Waals surface area contributed by atoms with E-state index in [4.69, 9.17) is 10.2 Å². The topological polar surface area (TPSA) is 40.5 Å².